The zero-order chi connectivity index (χ0) is 20.1. The maximum Gasteiger partial charge on any atom is 0.324 e. The molecule has 9 heteroatoms. The number of benzene rings is 2. The van der Waals surface area contributed by atoms with Gasteiger partial charge in [-0.2, -0.15) is 4.31 Å². The van der Waals surface area contributed by atoms with Gasteiger partial charge in [0.1, 0.15) is 12.6 Å². The molecule has 0 aliphatic carbocycles. The van der Waals surface area contributed by atoms with E-state index in [9.17, 15) is 23.3 Å². The molecule has 0 amide bonds. The van der Waals surface area contributed by atoms with Crippen molar-refractivity contribution in [3.8, 4) is 0 Å². The number of sulfonamides is 1. The fourth-order valence-electron chi connectivity index (χ4n) is 3.12. The molecule has 0 N–H and O–H groups in total. The van der Waals surface area contributed by atoms with Crippen LogP contribution in [-0.2, 0) is 26.2 Å². The lowest BCUT2D eigenvalue weighted by atomic mass is 10.1. The van der Waals surface area contributed by atoms with Gasteiger partial charge in [-0.25, -0.2) is 8.42 Å². The lowest BCUT2D eigenvalue weighted by Crippen LogP contribution is -2.48. The van der Waals surface area contributed by atoms with E-state index in [1.807, 2.05) is 0 Å². The molecule has 1 fully saturated rings. The number of piperidine rings is 1. The predicted octanol–water partition coefficient (Wildman–Crippen LogP) is 2.88. The monoisotopic (exact) mass is 404 g/mol. The van der Waals surface area contributed by atoms with Gasteiger partial charge in [0.15, 0.2) is 0 Å². The standard InChI is InChI=1S/C19H20N2O6S/c22-19(27-14-15-9-11-16(12-10-15)21(23)24)18-8-4-5-13-20(18)28(25,26)17-6-2-1-3-7-17/h1-3,6-7,9-12,18H,4-5,8,13-14H2. The van der Waals surface area contributed by atoms with Crippen LogP contribution in [0.5, 0.6) is 0 Å². The number of non-ortho nitro benzene ring substituents is 1. The SMILES string of the molecule is O=C(OCc1ccc([N+](=O)[O-])cc1)C1CCCCN1S(=O)(=O)c1ccccc1. The molecule has 1 unspecified atom stereocenters. The number of esters is 1. The van der Waals surface area contributed by atoms with Gasteiger partial charge in [0.05, 0.1) is 9.82 Å². The minimum Gasteiger partial charge on any atom is -0.460 e. The van der Waals surface area contributed by atoms with Crippen LogP contribution < -0.4 is 0 Å². The summed E-state index contributed by atoms with van der Waals surface area (Å²) in [6, 6.07) is 12.8. The summed E-state index contributed by atoms with van der Waals surface area (Å²) in [6.07, 6.45) is 1.81. The maximum absolute atomic E-state index is 12.9. The molecular weight excluding hydrogens is 384 g/mol. The van der Waals surface area contributed by atoms with Crippen molar-refractivity contribution in [2.75, 3.05) is 6.54 Å². The third-order valence-corrected chi connectivity index (χ3v) is 6.53. The van der Waals surface area contributed by atoms with Gasteiger partial charge in [0.25, 0.3) is 5.69 Å². The largest absolute Gasteiger partial charge is 0.460 e. The minimum absolute atomic E-state index is 0.0533. The van der Waals surface area contributed by atoms with Gasteiger partial charge in [-0.3, -0.25) is 14.9 Å². The Balaban J connectivity index is 1.71. The van der Waals surface area contributed by atoms with Crippen molar-refractivity contribution in [2.45, 2.75) is 36.8 Å². The molecule has 8 nitrogen and oxygen atoms in total. The van der Waals surface area contributed by atoms with Gasteiger partial charge in [-0.15, -0.1) is 0 Å². The fourth-order valence-corrected chi connectivity index (χ4v) is 4.79. The average molecular weight is 404 g/mol. The molecule has 0 aromatic heterocycles. The third-order valence-electron chi connectivity index (χ3n) is 4.60. The van der Waals surface area contributed by atoms with Crippen LogP contribution in [0.1, 0.15) is 24.8 Å². The first-order valence-electron chi connectivity index (χ1n) is 8.86. The quantitative estimate of drug-likeness (QED) is 0.416. The predicted molar refractivity (Wildman–Crippen MR) is 101 cm³/mol. The Morgan fingerprint density at radius 1 is 1.11 bits per heavy atom. The molecule has 2 aromatic rings. The van der Waals surface area contributed by atoms with Crippen molar-refractivity contribution in [1.29, 1.82) is 0 Å². The van der Waals surface area contributed by atoms with E-state index in [-0.39, 0.29) is 23.7 Å². The lowest BCUT2D eigenvalue weighted by molar-refractivity contribution is -0.384. The highest BCUT2D eigenvalue weighted by molar-refractivity contribution is 7.89. The van der Waals surface area contributed by atoms with Crippen LogP contribution in [-0.4, -0.2) is 36.2 Å². The molecule has 0 spiro atoms. The van der Waals surface area contributed by atoms with Gasteiger partial charge in [-0.05, 0) is 49.1 Å². The summed E-state index contributed by atoms with van der Waals surface area (Å²) < 4.78 is 32.4. The zero-order valence-corrected chi connectivity index (χ0v) is 15.9. The summed E-state index contributed by atoms with van der Waals surface area (Å²) in [7, 11) is -3.80. The highest BCUT2D eigenvalue weighted by Crippen LogP contribution is 2.26. The smallest absolute Gasteiger partial charge is 0.324 e. The molecular formula is C19H20N2O6S. The first kappa shape index (κ1) is 20.0. The number of nitro groups is 1. The van der Waals surface area contributed by atoms with E-state index in [0.29, 0.717) is 18.4 Å². The first-order chi connectivity index (χ1) is 13.4. The van der Waals surface area contributed by atoms with Crippen molar-refractivity contribution in [2.24, 2.45) is 0 Å². The van der Waals surface area contributed by atoms with Gasteiger partial charge >= 0.3 is 5.97 Å². The summed E-state index contributed by atoms with van der Waals surface area (Å²) >= 11 is 0. The summed E-state index contributed by atoms with van der Waals surface area (Å²) in [6.45, 7) is 0.182. The number of hydrogen-bond donors (Lipinski definition) is 0. The van der Waals surface area contributed by atoms with Crippen LogP contribution in [0.25, 0.3) is 0 Å². The van der Waals surface area contributed by atoms with Crippen molar-refractivity contribution < 1.29 is 22.9 Å². The molecule has 28 heavy (non-hydrogen) atoms. The number of ether oxygens (including phenoxy) is 1. The molecule has 148 valence electrons. The van der Waals surface area contributed by atoms with Crippen LogP contribution in [0.3, 0.4) is 0 Å². The molecule has 1 aliphatic heterocycles. The highest BCUT2D eigenvalue weighted by Gasteiger charge is 2.38. The van der Waals surface area contributed by atoms with Gasteiger partial charge < -0.3 is 4.74 Å². The molecule has 0 bridgehead atoms. The molecule has 2 aromatic carbocycles. The zero-order valence-electron chi connectivity index (χ0n) is 15.1. The number of hydrogen-bond acceptors (Lipinski definition) is 6. The van der Waals surface area contributed by atoms with E-state index in [4.69, 9.17) is 4.74 Å². The van der Waals surface area contributed by atoms with Crippen LogP contribution in [0.15, 0.2) is 59.5 Å². The second-order valence-corrected chi connectivity index (χ2v) is 8.36. The Hall–Kier alpha value is -2.78. The first-order valence-corrected chi connectivity index (χ1v) is 10.3. The van der Waals surface area contributed by atoms with E-state index in [1.165, 1.54) is 40.7 Å². The van der Waals surface area contributed by atoms with Gasteiger partial charge in [-0.1, -0.05) is 18.2 Å². The van der Waals surface area contributed by atoms with Crippen molar-refractivity contribution in [1.82, 2.24) is 4.31 Å². The molecule has 3 rings (SSSR count). The molecule has 0 radical (unpaired) electrons. The van der Waals surface area contributed by atoms with E-state index < -0.39 is 27.0 Å². The van der Waals surface area contributed by atoms with Crippen molar-refractivity contribution in [3.63, 3.8) is 0 Å². The average Bonchev–Trinajstić information content (AvgIpc) is 2.73. The van der Waals surface area contributed by atoms with Crippen molar-refractivity contribution >= 4 is 21.7 Å². The highest BCUT2D eigenvalue weighted by atomic mass is 32.2. The topological polar surface area (TPSA) is 107 Å². The molecule has 1 atom stereocenters. The number of nitro benzene ring substituents is 1. The Labute approximate surface area is 162 Å². The van der Waals surface area contributed by atoms with Crippen LogP contribution in [0.4, 0.5) is 5.69 Å². The van der Waals surface area contributed by atoms with Crippen LogP contribution in [0.2, 0.25) is 0 Å². The second-order valence-electron chi connectivity index (χ2n) is 6.47. The van der Waals surface area contributed by atoms with E-state index >= 15 is 0 Å². The second kappa shape index (κ2) is 8.49. The number of nitrogens with zero attached hydrogens (tertiary/aromatic N) is 2. The molecule has 1 aliphatic rings. The lowest BCUT2D eigenvalue weighted by Gasteiger charge is -2.33. The minimum atomic E-state index is -3.80. The normalized spacial score (nSPS) is 17.8. The molecule has 1 saturated heterocycles. The van der Waals surface area contributed by atoms with Crippen LogP contribution >= 0.6 is 0 Å². The summed E-state index contributed by atoms with van der Waals surface area (Å²) in [5.74, 6) is -0.613. The Kier molecular flexibility index (Phi) is 6.05. The van der Waals surface area contributed by atoms with Crippen LogP contribution in [0, 0.1) is 10.1 Å². The summed E-state index contributed by atoms with van der Waals surface area (Å²) in [5, 5.41) is 10.7. The number of carbonyl (C=O) groups is 1. The van der Waals surface area contributed by atoms with Gasteiger partial charge in [0, 0.05) is 18.7 Å². The van der Waals surface area contributed by atoms with E-state index in [2.05, 4.69) is 0 Å². The summed E-state index contributed by atoms with van der Waals surface area (Å²) in [5.41, 5.74) is 0.537. The van der Waals surface area contributed by atoms with Crippen molar-refractivity contribution in [3.05, 3.63) is 70.3 Å². The number of carbonyl (C=O) groups excluding carboxylic acids is 1. The number of rotatable bonds is 6. The molecule has 1 heterocycles. The third kappa shape index (κ3) is 4.37. The summed E-state index contributed by atoms with van der Waals surface area (Å²) in [4.78, 5) is 22.9. The molecule has 0 saturated carbocycles. The maximum atomic E-state index is 12.9. The van der Waals surface area contributed by atoms with Gasteiger partial charge in [0.2, 0.25) is 10.0 Å². The van der Waals surface area contributed by atoms with E-state index in [0.717, 1.165) is 6.42 Å². The Morgan fingerprint density at radius 3 is 2.43 bits per heavy atom. The van der Waals surface area contributed by atoms with E-state index in [1.54, 1.807) is 18.2 Å². The fraction of sp³-hybridized carbons (Fsp3) is 0.316. The Bertz CT molecular complexity index is 944. The Morgan fingerprint density at radius 2 is 1.79 bits per heavy atom.